The van der Waals surface area contributed by atoms with Gasteiger partial charge in [0.15, 0.2) is 0 Å². The van der Waals surface area contributed by atoms with E-state index in [0.29, 0.717) is 8.73 Å². The second-order valence-corrected chi connectivity index (χ2v) is 3.28. The molecule has 1 aromatic heterocycles. The largest absolute Gasteiger partial charge is 0.352 e. The zero-order chi connectivity index (χ0) is 7.40. The highest BCUT2D eigenvalue weighted by Crippen LogP contribution is 2.14. The summed E-state index contributed by atoms with van der Waals surface area (Å²) < 4.78 is 0.871. The summed E-state index contributed by atoms with van der Waals surface area (Å²) in [4.78, 5) is 4.18. The minimum atomic E-state index is 0.698. The van der Waals surface area contributed by atoms with Gasteiger partial charge in [-0.05, 0) is 43.5 Å². The topological polar surface area (TPSA) is 24.9 Å². The van der Waals surface area contributed by atoms with E-state index in [4.69, 9.17) is 0 Å². The summed E-state index contributed by atoms with van der Waals surface area (Å²) in [5, 5.41) is 3.14. The van der Waals surface area contributed by atoms with E-state index in [2.05, 4.69) is 32.7 Å². The monoisotopic (exact) mass is 218 g/mol. The molecular weight excluding hydrogens is 211 g/mol. The number of hydrogen-bond acceptors (Lipinski definition) is 2. The van der Waals surface area contributed by atoms with Gasteiger partial charge in [0.1, 0.15) is 10.4 Å². The SMILES string of the molecule is CPNc1cccc(Br)n1. The lowest BCUT2D eigenvalue weighted by Crippen LogP contribution is -1.86. The lowest BCUT2D eigenvalue weighted by atomic mass is 10.5. The Labute approximate surface area is 70.4 Å². The Balaban J connectivity index is 2.75. The number of aromatic nitrogens is 1. The van der Waals surface area contributed by atoms with Crippen LogP contribution in [0.3, 0.4) is 0 Å². The Hall–Kier alpha value is -0.140. The average Bonchev–Trinajstić information content (AvgIpc) is 1.88. The summed E-state index contributed by atoms with van der Waals surface area (Å²) >= 11 is 3.28. The number of pyridine rings is 1. The fourth-order valence-corrected chi connectivity index (χ4v) is 1.34. The van der Waals surface area contributed by atoms with Crippen molar-refractivity contribution >= 4 is 30.5 Å². The number of hydrogen-bond donors (Lipinski definition) is 1. The first-order valence-corrected chi connectivity index (χ1v) is 5.17. The highest BCUT2D eigenvalue weighted by atomic mass is 79.9. The molecule has 0 aromatic carbocycles. The highest BCUT2D eigenvalue weighted by Gasteiger charge is 1.89. The molecule has 0 radical (unpaired) electrons. The molecule has 1 N–H and O–H groups in total. The molecule has 0 aliphatic rings. The lowest BCUT2D eigenvalue weighted by molar-refractivity contribution is 1.29. The molecule has 0 amide bonds. The van der Waals surface area contributed by atoms with Gasteiger partial charge in [0.05, 0.1) is 0 Å². The van der Waals surface area contributed by atoms with Gasteiger partial charge in [0, 0.05) is 0 Å². The summed E-state index contributed by atoms with van der Waals surface area (Å²) in [5.74, 6) is 0.926. The molecular formula is C6H8BrN2P. The van der Waals surface area contributed by atoms with Crippen LogP contribution in [0.2, 0.25) is 0 Å². The molecule has 0 saturated heterocycles. The number of halogens is 1. The van der Waals surface area contributed by atoms with Crippen LogP contribution in [0.5, 0.6) is 0 Å². The van der Waals surface area contributed by atoms with Gasteiger partial charge in [-0.1, -0.05) is 6.07 Å². The number of rotatable bonds is 2. The zero-order valence-corrected chi connectivity index (χ0v) is 8.14. The summed E-state index contributed by atoms with van der Waals surface area (Å²) in [7, 11) is 0.698. The zero-order valence-electron chi connectivity index (χ0n) is 5.56. The summed E-state index contributed by atoms with van der Waals surface area (Å²) in [6.45, 7) is 2.07. The van der Waals surface area contributed by atoms with Crippen LogP contribution in [0.15, 0.2) is 22.8 Å². The second kappa shape index (κ2) is 3.89. The number of nitrogens with one attached hydrogen (secondary N) is 1. The molecule has 0 spiro atoms. The van der Waals surface area contributed by atoms with Crippen LogP contribution in [0.25, 0.3) is 0 Å². The van der Waals surface area contributed by atoms with Crippen LogP contribution in [0.4, 0.5) is 5.82 Å². The van der Waals surface area contributed by atoms with Crippen molar-refractivity contribution < 1.29 is 0 Å². The maximum absolute atomic E-state index is 4.18. The van der Waals surface area contributed by atoms with Crippen molar-refractivity contribution in [2.24, 2.45) is 0 Å². The Morgan fingerprint density at radius 1 is 1.60 bits per heavy atom. The number of anilines is 1. The molecule has 1 aromatic rings. The second-order valence-electron chi connectivity index (χ2n) is 1.72. The van der Waals surface area contributed by atoms with Crippen LogP contribution in [-0.2, 0) is 0 Å². The molecule has 10 heavy (non-hydrogen) atoms. The molecule has 0 aliphatic carbocycles. The van der Waals surface area contributed by atoms with Crippen molar-refractivity contribution in [1.82, 2.24) is 4.98 Å². The van der Waals surface area contributed by atoms with Gasteiger partial charge in [-0.3, -0.25) is 0 Å². The van der Waals surface area contributed by atoms with E-state index in [-0.39, 0.29) is 0 Å². The standard InChI is InChI=1S/C6H8BrN2P/c1-10-9-6-4-2-3-5(7)8-6/h2-4,10H,1H3,(H,8,9). The van der Waals surface area contributed by atoms with Crippen molar-refractivity contribution in [3.63, 3.8) is 0 Å². The van der Waals surface area contributed by atoms with Crippen LogP contribution in [0.1, 0.15) is 0 Å². The average molecular weight is 219 g/mol. The van der Waals surface area contributed by atoms with E-state index in [9.17, 15) is 0 Å². The molecule has 0 aliphatic heterocycles. The Morgan fingerprint density at radius 2 is 2.40 bits per heavy atom. The minimum Gasteiger partial charge on any atom is -0.352 e. The van der Waals surface area contributed by atoms with Crippen LogP contribution in [0, 0.1) is 0 Å². The molecule has 54 valence electrons. The normalized spacial score (nSPS) is 10.6. The van der Waals surface area contributed by atoms with Crippen molar-refractivity contribution in [1.29, 1.82) is 0 Å². The van der Waals surface area contributed by atoms with E-state index in [1.54, 1.807) is 0 Å². The third-order valence-electron chi connectivity index (χ3n) is 0.968. The molecule has 0 fully saturated rings. The maximum Gasteiger partial charge on any atom is 0.130 e. The fraction of sp³-hybridized carbons (Fsp3) is 0.167. The highest BCUT2D eigenvalue weighted by molar-refractivity contribution is 9.10. The van der Waals surface area contributed by atoms with E-state index >= 15 is 0 Å². The summed E-state index contributed by atoms with van der Waals surface area (Å²) in [6, 6.07) is 5.81. The Morgan fingerprint density at radius 3 is 3.00 bits per heavy atom. The summed E-state index contributed by atoms with van der Waals surface area (Å²) in [6.07, 6.45) is 0. The van der Waals surface area contributed by atoms with Crippen LogP contribution < -0.4 is 5.09 Å². The van der Waals surface area contributed by atoms with Crippen LogP contribution in [-0.4, -0.2) is 11.6 Å². The van der Waals surface area contributed by atoms with Gasteiger partial charge >= 0.3 is 0 Å². The quantitative estimate of drug-likeness (QED) is 0.610. The molecule has 0 bridgehead atoms. The van der Waals surface area contributed by atoms with E-state index in [0.717, 1.165) is 10.4 Å². The predicted molar refractivity (Wildman–Crippen MR) is 49.8 cm³/mol. The van der Waals surface area contributed by atoms with Gasteiger partial charge in [-0.15, -0.1) is 0 Å². The Kier molecular flexibility index (Phi) is 3.10. The van der Waals surface area contributed by atoms with Gasteiger partial charge < -0.3 is 5.09 Å². The van der Waals surface area contributed by atoms with E-state index < -0.39 is 0 Å². The van der Waals surface area contributed by atoms with E-state index in [1.165, 1.54) is 0 Å². The van der Waals surface area contributed by atoms with Gasteiger partial charge in [-0.2, -0.15) is 0 Å². The molecule has 1 heterocycles. The lowest BCUT2D eigenvalue weighted by Gasteiger charge is -1.99. The van der Waals surface area contributed by atoms with Crippen molar-refractivity contribution in [3.8, 4) is 0 Å². The third kappa shape index (κ3) is 2.24. The van der Waals surface area contributed by atoms with Gasteiger partial charge in [0.2, 0.25) is 0 Å². The first-order chi connectivity index (χ1) is 4.83. The Bertz CT molecular complexity index is 217. The van der Waals surface area contributed by atoms with Gasteiger partial charge in [-0.25, -0.2) is 4.98 Å². The van der Waals surface area contributed by atoms with Crippen LogP contribution >= 0.6 is 24.7 Å². The van der Waals surface area contributed by atoms with Crippen molar-refractivity contribution in [2.45, 2.75) is 0 Å². The van der Waals surface area contributed by atoms with Crippen molar-refractivity contribution in [3.05, 3.63) is 22.8 Å². The fourth-order valence-electron chi connectivity index (χ4n) is 0.606. The van der Waals surface area contributed by atoms with E-state index in [1.807, 2.05) is 18.2 Å². The first-order valence-electron chi connectivity index (χ1n) is 2.88. The third-order valence-corrected chi connectivity index (χ3v) is 1.92. The summed E-state index contributed by atoms with van der Waals surface area (Å²) in [5.41, 5.74) is 0. The molecule has 0 saturated carbocycles. The van der Waals surface area contributed by atoms with Gasteiger partial charge in [0.25, 0.3) is 0 Å². The smallest absolute Gasteiger partial charge is 0.130 e. The molecule has 2 nitrogen and oxygen atoms in total. The predicted octanol–water partition coefficient (Wildman–Crippen LogP) is 2.48. The first kappa shape index (κ1) is 7.96. The molecule has 4 heteroatoms. The molecule has 1 atom stereocenters. The molecule has 1 unspecified atom stereocenters. The molecule has 1 rings (SSSR count). The maximum atomic E-state index is 4.18. The minimum absolute atomic E-state index is 0.698. The number of nitrogens with zero attached hydrogens (tertiary/aromatic N) is 1. The van der Waals surface area contributed by atoms with Crippen molar-refractivity contribution in [2.75, 3.05) is 11.8 Å².